The number of nitrogens with one attached hydrogen (secondary N) is 3. The number of hydrogen-bond donors (Lipinski definition) is 4. The van der Waals surface area contributed by atoms with Gasteiger partial charge in [-0.1, -0.05) is 13.8 Å². The van der Waals surface area contributed by atoms with Crippen LogP contribution in [0.5, 0.6) is 0 Å². The lowest BCUT2D eigenvalue weighted by Gasteiger charge is -2.29. The average Bonchev–Trinajstić information content (AvgIpc) is 3.24. The number of rotatable bonds is 7. The molecule has 1 aliphatic carbocycles. The van der Waals surface area contributed by atoms with Crippen molar-refractivity contribution in [3.8, 4) is 0 Å². The Kier molecular flexibility index (Phi) is 7.07. The average molecular weight is 483 g/mol. The lowest BCUT2D eigenvalue weighted by atomic mass is 9.92. The van der Waals surface area contributed by atoms with Crippen LogP contribution in [0.3, 0.4) is 0 Å². The molecule has 5 rings (SSSR count). The number of ether oxygens (including phenoxy) is 1. The molecule has 0 bridgehead atoms. The highest BCUT2D eigenvalue weighted by molar-refractivity contribution is 8.00. The van der Waals surface area contributed by atoms with Crippen molar-refractivity contribution >= 4 is 45.9 Å². The summed E-state index contributed by atoms with van der Waals surface area (Å²) in [5, 5.41) is 17.0. The Hall–Kier alpha value is -2.56. The maximum atomic E-state index is 6.12. The van der Waals surface area contributed by atoms with E-state index < -0.39 is 0 Å². The third-order valence-corrected chi connectivity index (χ3v) is 7.34. The zero-order chi connectivity index (χ0) is 23.5. The summed E-state index contributed by atoms with van der Waals surface area (Å²) in [5.41, 5.74) is 9.00. The molecule has 2 fully saturated rings. The first-order valence-electron chi connectivity index (χ1n) is 12.2. The number of aromatic nitrogens is 4. The van der Waals surface area contributed by atoms with Crippen LogP contribution in [0.2, 0.25) is 0 Å². The van der Waals surface area contributed by atoms with Crippen molar-refractivity contribution in [2.75, 3.05) is 41.8 Å². The first-order valence-corrected chi connectivity index (χ1v) is 13.1. The van der Waals surface area contributed by atoms with Crippen molar-refractivity contribution in [2.24, 2.45) is 5.73 Å². The van der Waals surface area contributed by atoms with E-state index in [0.29, 0.717) is 23.3 Å². The molecule has 1 saturated heterocycles. The van der Waals surface area contributed by atoms with E-state index in [1.165, 1.54) is 5.69 Å². The molecule has 0 spiro atoms. The van der Waals surface area contributed by atoms with E-state index in [-0.39, 0.29) is 0 Å². The van der Waals surface area contributed by atoms with Crippen LogP contribution in [0.15, 0.2) is 29.3 Å². The van der Waals surface area contributed by atoms with Gasteiger partial charge in [0, 0.05) is 41.8 Å². The molecule has 2 aromatic heterocycles. The fourth-order valence-electron chi connectivity index (χ4n) is 4.54. The van der Waals surface area contributed by atoms with Crippen LogP contribution in [0.4, 0.5) is 23.1 Å². The summed E-state index contributed by atoms with van der Waals surface area (Å²) in [6.07, 6.45) is 4.16. The summed E-state index contributed by atoms with van der Waals surface area (Å²) < 4.78 is 5.46. The summed E-state index contributed by atoms with van der Waals surface area (Å²) in [5.74, 6) is 1.38. The smallest absolute Gasteiger partial charge is 0.231 e. The third kappa shape index (κ3) is 5.39. The topological polar surface area (TPSA) is 117 Å². The van der Waals surface area contributed by atoms with E-state index in [0.717, 1.165) is 79.6 Å². The Morgan fingerprint density at radius 1 is 1.09 bits per heavy atom. The molecular formula is C24H34N8OS. The van der Waals surface area contributed by atoms with Crippen LogP contribution in [-0.2, 0) is 4.74 Å². The normalized spacial score (nSPS) is 21.2. The van der Waals surface area contributed by atoms with E-state index in [9.17, 15) is 0 Å². The Labute approximate surface area is 204 Å². The molecule has 0 amide bonds. The van der Waals surface area contributed by atoms with Crippen molar-refractivity contribution in [2.45, 2.75) is 61.9 Å². The van der Waals surface area contributed by atoms with Crippen molar-refractivity contribution in [1.82, 2.24) is 20.2 Å². The molecule has 0 atom stereocenters. The summed E-state index contributed by atoms with van der Waals surface area (Å²) in [6.45, 7) is 7.72. The molecule has 10 heteroatoms. The minimum atomic E-state index is 0.308. The number of morpholine rings is 1. The highest BCUT2D eigenvalue weighted by Crippen LogP contribution is 2.34. The SMILES string of the molecule is CC(C)Sc1n[nH]c2nc(Nc3ccc(N4CCOCC4)cc3)nc(N[C@H]3CC[C@@H](N)CC3)c12. The largest absolute Gasteiger partial charge is 0.378 e. The molecule has 1 saturated carbocycles. The number of nitrogens with two attached hydrogens (primary N) is 1. The second-order valence-corrected chi connectivity index (χ2v) is 10.9. The van der Waals surface area contributed by atoms with Crippen LogP contribution < -0.4 is 21.3 Å². The zero-order valence-electron chi connectivity index (χ0n) is 19.9. The van der Waals surface area contributed by atoms with Gasteiger partial charge in [0.2, 0.25) is 5.95 Å². The van der Waals surface area contributed by atoms with E-state index in [1.54, 1.807) is 11.8 Å². The number of hydrogen-bond acceptors (Lipinski definition) is 9. The minimum absolute atomic E-state index is 0.308. The van der Waals surface area contributed by atoms with Gasteiger partial charge in [-0.05, 0) is 49.9 Å². The van der Waals surface area contributed by atoms with Gasteiger partial charge in [-0.3, -0.25) is 5.10 Å². The van der Waals surface area contributed by atoms with E-state index in [4.69, 9.17) is 20.4 Å². The summed E-state index contributed by atoms with van der Waals surface area (Å²) in [7, 11) is 0. The quantitative estimate of drug-likeness (QED) is 0.369. The van der Waals surface area contributed by atoms with Gasteiger partial charge in [0.25, 0.3) is 0 Å². The second-order valence-electron chi connectivity index (χ2n) is 9.34. The number of nitrogens with zero attached hydrogens (tertiary/aromatic N) is 4. The van der Waals surface area contributed by atoms with Gasteiger partial charge in [0.15, 0.2) is 5.65 Å². The Morgan fingerprint density at radius 3 is 2.53 bits per heavy atom. The monoisotopic (exact) mass is 482 g/mol. The van der Waals surface area contributed by atoms with E-state index in [2.05, 4.69) is 63.8 Å². The molecule has 0 unspecified atom stereocenters. The molecule has 3 heterocycles. The summed E-state index contributed by atoms with van der Waals surface area (Å²) in [6, 6.07) is 9.06. The predicted octanol–water partition coefficient (Wildman–Crippen LogP) is 4.12. The van der Waals surface area contributed by atoms with E-state index in [1.807, 2.05) is 0 Å². The molecule has 9 nitrogen and oxygen atoms in total. The molecule has 2 aliphatic rings. The fraction of sp³-hybridized carbons (Fsp3) is 0.542. The van der Waals surface area contributed by atoms with Crippen molar-refractivity contribution < 1.29 is 4.74 Å². The summed E-state index contributed by atoms with van der Waals surface area (Å²) >= 11 is 1.72. The van der Waals surface area contributed by atoms with Crippen molar-refractivity contribution in [3.63, 3.8) is 0 Å². The van der Waals surface area contributed by atoms with Gasteiger partial charge in [0.05, 0.1) is 18.6 Å². The Balaban J connectivity index is 1.39. The second kappa shape index (κ2) is 10.4. The van der Waals surface area contributed by atoms with Gasteiger partial charge in [-0.15, -0.1) is 11.8 Å². The minimum Gasteiger partial charge on any atom is -0.378 e. The lowest BCUT2D eigenvalue weighted by molar-refractivity contribution is 0.122. The van der Waals surface area contributed by atoms with Gasteiger partial charge < -0.3 is 26.0 Å². The molecule has 1 aromatic carbocycles. The predicted molar refractivity (Wildman–Crippen MR) is 139 cm³/mol. The summed E-state index contributed by atoms with van der Waals surface area (Å²) in [4.78, 5) is 12.0. The Bertz CT molecular complexity index is 1090. The van der Waals surface area contributed by atoms with Crippen molar-refractivity contribution in [3.05, 3.63) is 24.3 Å². The number of anilines is 4. The molecule has 3 aromatic rings. The van der Waals surface area contributed by atoms with Gasteiger partial charge in [0.1, 0.15) is 10.8 Å². The molecule has 182 valence electrons. The standard InChI is InChI=1S/C24H34N8OS/c1-15(2)34-23-20-21(26-17-5-3-16(25)4-6-17)28-24(29-22(20)30-31-23)27-18-7-9-19(10-8-18)32-11-13-33-14-12-32/h7-10,15-17H,3-6,11-14,25H2,1-2H3,(H3,26,27,28,29,30,31)/t16-,17+. The molecule has 0 radical (unpaired) electrons. The Morgan fingerprint density at radius 2 is 1.82 bits per heavy atom. The number of benzene rings is 1. The van der Waals surface area contributed by atoms with Crippen LogP contribution in [0.1, 0.15) is 39.5 Å². The van der Waals surface area contributed by atoms with Crippen molar-refractivity contribution in [1.29, 1.82) is 0 Å². The van der Waals surface area contributed by atoms with Crippen LogP contribution in [0, 0.1) is 0 Å². The maximum Gasteiger partial charge on any atom is 0.231 e. The highest BCUT2D eigenvalue weighted by atomic mass is 32.2. The van der Waals surface area contributed by atoms with Gasteiger partial charge in [-0.25, -0.2) is 0 Å². The third-order valence-electron chi connectivity index (χ3n) is 6.35. The first-order chi connectivity index (χ1) is 16.5. The molecule has 34 heavy (non-hydrogen) atoms. The van der Waals surface area contributed by atoms with Crippen LogP contribution in [0.25, 0.3) is 11.0 Å². The first kappa shape index (κ1) is 23.2. The lowest BCUT2D eigenvalue weighted by Crippen LogP contribution is -2.36. The van der Waals surface area contributed by atoms with Crippen LogP contribution >= 0.6 is 11.8 Å². The number of H-pyrrole nitrogens is 1. The van der Waals surface area contributed by atoms with Gasteiger partial charge in [-0.2, -0.15) is 15.1 Å². The zero-order valence-corrected chi connectivity index (χ0v) is 20.7. The maximum absolute atomic E-state index is 6.12. The van der Waals surface area contributed by atoms with E-state index >= 15 is 0 Å². The van der Waals surface area contributed by atoms with Gasteiger partial charge >= 0.3 is 0 Å². The molecule has 1 aliphatic heterocycles. The number of fused-ring (bicyclic) bond motifs is 1. The fourth-order valence-corrected chi connectivity index (χ4v) is 5.39. The molecule has 5 N–H and O–H groups in total. The highest BCUT2D eigenvalue weighted by Gasteiger charge is 2.23. The molecular weight excluding hydrogens is 448 g/mol. The van der Waals surface area contributed by atoms with Crippen LogP contribution in [-0.4, -0.2) is 63.8 Å². The number of aromatic amines is 1. The number of thioether (sulfide) groups is 1.